The van der Waals surface area contributed by atoms with E-state index in [9.17, 15) is 111 Å². The van der Waals surface area contributed by atoms with Gasteiger partial charge in [-0.3, -0.25) is 29.0 Å². The summed E-state index contributed by atoms with van der Waals surface area (Å²) in [4.78, 5) is 53.5. The Balaban J connectivity index is 0.000000191. The summed E-state index contributed by atoms with van der Waals surface area (Å²) in [6.45, 7) is 0.188. The monoisotopic (exact) mass is 1370 g/mol. The minimum atomic E-state index is -5.26. The van der Waals surface area contributed by atoms with Gasteiger partial charge in [-0.1, -0.05) is 66.7 Å². The van der Waals surface area contributed by atoms with Crippen LogP contribution in [0.25, 0.3) is 88.4 Å². The molecule has 29 heteroatoms. The van der Waals surface area contributed by atoms with Gasteiger partial charge in [-0.25, -0.2) is 0 Å². The number of nitrogens with zero attached hydrogens (tertiary/aromatic N) is 4. The molecule has 0 fully saturated rings. The number of hydrogen-bond donors (Lipinski definition) is 0. The Kier molecular flexibility index (Phi) is 16.3. The first-order valence-corrected chi connectivity index (χ1v) is 27.9. The van der Waals surface area contributed by atoms with Crippen LogP contribution in [-0.4, -0.2) is 62.8 Å². The Hall–Kier alpha value is -10.6. The molecule has 0 atom stereocenters. The summed E-state index contributed by atoms with van der Waals surface area (Å²) in [7, 11) is 2.62. The molecule has 0 saturated heterocycles. The normalized spacial score (nSPS) is 14.0. The fraction of sp³-hybridized carbons (Fsp3) is 0.147. The molecule has 0 aliphatic carbocycles. The highest BCUT2D eigenvalue weighted by atomic mass is 19.4. The first-order chi connectivity index (χ1) is 44.9. The smallest absolute Gasteiger partial charge is 0.308 e. The van der Waals surface area contributed by atoms with Crippen LogP contribution >= 0.6 is 0 Å². The van der Waals surface area contributed by atoms with Crippen LogP contribution < -0.4 is 0 Å². The zero-order chi connectivity index (χ0) is 70.9. The summed E-state index contributed by atoms with van der Waals surface area (Å²) < 4.78 is 281. The minimum absolute atomic E-state index is 0.0115. The van der Waals surface area contributed by atoms with Gasteiger partial charge in [-0.2, -0.15) is 92.2 Å². The molecule has 9 aromatic carbocycles. The summed E-state index contributed by atoms with van der Waals surface area (Å²) >= 11 is 0. The third-order valence-corrected chi connectivity index (χ3v) is 16.0. The molecule has 2 aliphatic heterocycles. The summed E-state index contributed by atoms with van der Waals surface area (Å²) in [5.41, 5.74) is -8.81. The van der Waals surface area contributed by atoms with Crippen LogP contribution in [0.15, 0.2) is 170 Å². The lowest BCUT2D eigenvalue weighted by Gasteiger charge is -2.16. The molecule has 0 spiro atoms. The zero-order valence-electron chi connectivity index (χ0n) is 49.0. The van der Waals surface area contributed by atoms with E-state index in [1.807, 2.05) is 0 Å². The lowest BCUT2D eigenvalue weighted by atomic mass is 9.94. The fourth-order valence-electron chi connectivity index (χ4n) is 11.8. The van der Waals surface area contributed by atoms with E-state index in [4.69, 9.17) is 0 Å². The standard InChI is InChI=1S/C37H18F12N2O2.C29H16F6N2O2.C2H3F3/c1-50-32(52)23-3-2-4-30(31(23)33(50)53)51-28-11-5-17(21-9-7-19(34(38,39)40)15-26(21)36(44,45)46)13-24(28)25-14-18(6-12-29(25)51)22-10-8-20(35(41,42)43)16-27(22)37(47,48)49;1-36-26(38)19-6-4-8-24(25(19)27(36)39)37-22-7-3-2-5-18(22)20-13-15(9-12-23(20)37)17-11-10-16(28(30,31)32)14-21(17)29(33,34)35;1-2(3,4)5/h2-16H,1H3;2-14H,1H3;1H3. The first-order valence-electron chi connectivity index (χ1n) is 27.9. The van der Waals surface area contributed by atoms with Crippen LogP contribution in [0.4, 0.5) is 92.2 Å². The van der Waals surface area contributed by atoms with E-state index in [1.54, 1.807) is 53.1 Å². The highest BCUT2D eigenvalue weighted by molar-refractivity contribution is 6.25. The van der Waals surface area contributed by atoms with Crippen molar-refractivity contribution in [2.75, 3.05) is 14.1 Å². The van der Waals surface area contributed by atoms with Crippen LogP contribution in [-0.2, 0) is 37.1 Å². The molecule has 500 valence electrons. The SMILES string of the molecule is CC(F)(F)F.CN1C(=O)c2cccc(-n3c4ccc(-c5ccc(C(F)(F)F)cc5C(F)(F)F)cc4c4cc(-c5ccc(C(F)(F)F)cc5C(F)(F)F)ccc43)c2C1=O.CN1C(=O)c2cccc(-n3c4ccccc4c4cc(-c5ccc(C(F)(F)F)cc5C(F)(F)F)ccc43)c2C1=O. The number of rotatable bonds is 5. The number of para-hydroxylation sites is 1. The van der Waals surface area contributed by atoms with Crippen LogP contribution in [0.3, 0.4) is 0 Å². The molecular weight excluding hydrogens is 1340 g/mol. The van der Waals surface area contributed by atoms with E-state index in [-0.39, 0.29) is 91.6 Å². The second kappa shape index (κ2) is 23.3. The summed E-state index contributed by atoms with van der Waals surface area (Å²) in [6.07, 6.45) is -34.7. The largest absolute Gasteiger partial charge is 0.417 e. The van der Waals surface area contributed by atoms with Gasteiger partial charge in [0.15, 0.2) is 0 Å². The molecular formula is C68H37F21N4O4. The van der Waals surface area contributed by atoms with Gasteiger partial charge in [0.05, 0.1) is 89.1 Å². The lowest BCUT2D eigenvalue weighted by molar-refractivity contribution is -0.144. The van der Waals surface area contributed by atoms with Gasteiger partial charge < -0.3 is 9.13 Å². The Bertz CT molecular complexity index is 4960. The predicted molar refractivity (Wildman–Crippen MR) is 312 cm³/mol. The maximum Gasteiger partial charge on any atom is 0.417 e. The number of amides is 4. The summed E-state index contributed by atoms with van der Waals surface area (Å²) in [6, 6.07) is 31.7. The number of carbonyl (C=O) groups excluding carboxylic acids is 4. The van der Waals surface area contributed by atoms with E-state index in [0.717, 1.165) is 15.9 Å². The van der Waals surface area contributed by atoms with Crippen LogP contribution in [0.1, 0.15) is 81.7 Å². The van der Waals surface area contributed by atoms with Crippen LogP contribution in [0.5, 0.6) is 0 Å². The van der Waals surface area contributed by atoms with Crippen molar-refractivity contribution in [2.24, 2.45) is 0 Å². The predicted octanol–water partition coefficient (Wildman–Crippen LogP) is 20.7. The minimum Gasteiger partial charge on any atom is -0.308 e. The first kappa shape index (κ1) is 67.8. The number of alkyl halides is 21. The molecule has 2 aliphatic rings. The van der Waals surface area contributed by atoms with E-state index < -0.39 is 117 Å². The molecule has 0 saturated carbocycles. The molecule has 4 heterocycles. The van der Waals surface area contributed by atoms with Crippen molar-refractivity contribution in [1.29, 1.82) is 0 Å². The Labute approximate surface area is 530 Å². The maximum atomic E-state index is 14.2. The van der Waals surface area contributed by atoms with Gasteiger partial charge in [0.2, 0.25) is 0 Å². The number of aromatic nitrogens is 2. The van der Waals surface area contributed by atoms with Crippen molar-refractivity contribution >= 4 is 67.2 Å². The second-order valence-electron chi connectivity index (χ2n) is 22.2. The number of carbonyl (C=O) groups is 4. The molecule has 4 amide bonds. The van der Waals surface area contributed by atoms with Gasteiger partial charge in [0.25, 0.3) is 23.6 Å². The number of benzene rings is 9. The van der Waals surface area contributed by atoms with E-state index >= 15 is 0 Å². The lowest BCUT2D eigenvalue weighted by Crippen LogP contribution is -2.24. The van der Waals surface area contributed by atoms with Crippen molar-refractivity contribution in [2.45, 2.75) is 50.2 Å². The van der Waals surface area contributed by atoms with Gasteiger partial charge in [-0.15, -0.1) is 0 Å². The number of hydrogen-bond acceptors (Lipinski definition) is 4. The molecule has 11 aromatic rings. The number of fused-ring (bicyclic) bond motifs is 8. The van der Waals surface area contributed by atoms with Gasteiger partial charge >= 0.3 is 43.2 Å². The third kappa shape index (κ3) is 12.5. The molecule has 0 bridgehead atoms. The Morgan fingerprint density at radius 3 is 0.866 bits per heavy atom. The van der Waals surface area contributed by atoms with Crippen LogP contribution in [0.2, 0.25) is 0 Å². The third-order valence-electron chi connectivity index (χ3n) is 16.0. The van der Waals surface area contributed by atoms with Crippen molar-refractivity contribution < 1.29 is 111 Å². The van der Waals surface area contributed by atoms with E-state index in [0.29, 0.717) is 57.8 Å². The molecule has 0 radical (unpaired) electrons. The number of imide groups is 2. The summed E-state index contributed by atoms with van der Waals surface area (Å²) in [5.74, 6) is -2.27. The second-order valence-corrected chi connectivity index (χ2v) is 22.2. The van der Waals surface area contributed by atoms with Crippen molar-refractivity contribution in [1.82, 2.24) is 18.9 Å². The van der Waals surface area contributed by atoms with Crippen molar-refractivity contribution in [3.8, 4) is 44.8 Å². The van der Waals surface area contributed by atoms with Gasteiger partial charge in [0, 0.05) is 42.6 Å². The summed E-state index contributed by atoms with van der Waals surface area (Å²) in [5, 5.41) is 1.28. The quantitative estimate of drug-likeness (QED) is 0.127. The Morgan fingerprint density at radius 2 is 0.567 bits per heavy atom. The fourth-order valence-corrected chi connectivity index (χ4v) is 11.8. The highest BCUT2D eigenvalue weighted by Gasteiger charge is 2.43. The average Bonchev–Trinajstić information content (AvgIpc) is 1.58. The molecule has 0 N–H and O–H groups in total. The average molecular weight is 1370 g/mol. The molecule has 0 unspecified atom stereocenters. The van der Waals surface area contributed by atoms with Crippen LogP contribution in [0, 0.1) is 0 Å². The molecule has 8 nitrogen and oxygen atoms in total. The van der Waals surface area contributed by atoms with Crippen molar-refractivity contribution in [3.63, 3.8) is 0 Å². The molecule has 2 aromatic heterocycles. The van der Waals surface area contributed by atoms with Gasteiger partial charge in [0.1, 0.15) is 0 Å². The van der Waals surface area contributed by atoms with E-state index in [2.05, 4.69) is 0 Å². The maximum absolute atomic E-state index is 14.2. The highest BCUT2D eigenvalue weighted by Crippen LogP contribution is 2.48. The Morgan fingerprint density at radius 1 is 0.278 bits per heavy atom. The van der Waals surface area contributed by atoms with E-state index in [1.165, 1.54) is 85.4 Å². The topological polar surface area (TPSA) is 84.6 Å². The zero-order valence-corrected chi connectivity index (χ0v) is 49.0. The van der Waals surface area contributed by atoms with Gasteiger partial charge in [-0.05, 0) is 137 Å². The number of halogens is 21. The molecule has 13 rings (SSSR count). The molecule has 97 heavy (non-hydrogen) atoms. The van der Waals surface area contributed by atoms with Crippen molar-refractivity contribution in [3.05, 3.63) is 225 Å².